The molecule has 32 heavy (non-hydrogen) atoms. The van der Waals surface area contributed by atoms with E-state index >= 15 is 0 Å². The molecule has 1 saturated heterocycles. The summed E-state index contributed by atoms with van der Waals surface area (Å²) in [4.78, 5) is 26.0. The Balaban J connectivity index is 1.37. The second-order valence-corrected chi connectivity index (χ2v) is 9.14. The molecule has 0 unspecified atom stereocenters. The van der Waals surface area contributed by atoms with Gasteiger partial charge in [-0.25, -0.2) is 4.98 Å². The summed E-state index contributed by atoms with van der Waals surface area (Å²) >= 11 is 1.39. The summed E-state index contributed by atoms with van der Waals surface area (Å²) in [5.41, 5.74) is 2.24. The number of methoxy groups -OCH3 is 2. The number of hydrogen-bond donors (Lipinski definition) is 1. The van der Waals surface area contributed by atoms with Gasteiger partial charge >= 0.3 is 0 Å². The molecule has 4 rings (SSSR count). The number of thiophene rings is 1. The van der Waals surface area contributed by atoms with Crippen molar-refractivity contribution in [1.29, 1.82) is 0 Å². The van der Waals surface area contributed by atoms with E-state index in [4.69, 9.17) is 9.47 Å². The maximum atomic E-state index is 13.1. The predicted octanol–water partition coefficient (Wildman–Crippen LogP) is 3.59. The lowest BCUT2D eigenvalue weighted by Crippen LogP contribution is -2.45. The molecule has 1 fully saturated rings. The average molecular weight is 455 g/mol. The van der Waals surface area contributed by atoms with Crippen LogP contribution in [0.2, 0.25) is 0 Å². The summed E-state index contributed by atoms with van der Waals surface area (Å²) in [6, 6.07) is 10.8. The summed E-state index contributed by atoms with van der Waals surface area (Å²) in [5.74, 6) is 0.998. The van der Waals surface area contributed by atoms with Crippen LogP contribution in [0.5, 0.6) is 5.88 Å². The van der Waals surface area contributed by atoms with Crippen LogP contribution < -0.4 is 10.1 Å². The van der Waals surface area contributed by atoms with Gasteiger partial charge in [-0.1, -0.05) is 30.3 Å². The van der Waals surface area contributed by atoms with Gasteiger partial charge in [0.2, 0.25) is 5.88 Å². The summed E-state index contributed by atoms with van der Waals surface area (Å²) in [7, 11) is 3.19. The van der Waals surface area contributed by atoms with Crippen LogP contribution in [0.3, 0.4) is 0 Å². The number of rotatable bonds is 8. The summed E-state index contributed by atoms with van der Waals surface area (Å²) in [5, 5.41) is 4.04. The molecule has 0 saturated carbocycles. The summed E-state index contributed by atoms with van der Waals surface area (Å²) in [6.07, 6.45) is 2.99. The van der Waals surface area contributed by atoms with Gasteiger partial charge in [0.15, 0.2) is 5.82 Å². The molecule has 0 radical (unpaired) electrons. The molecule has 8 heteroatoms. The molecule has 0 atom stereocenters. The van der Waals surface area contributed by atoms with Crippen LogP contribution in [0.4, 0.5) is 0 Å². The van der Waals surface area contributed by atoms with E-state index in [1.807, 2.05) is 6.92 Å². The van der Waals surface area contributed by atoms with E-state index in [0.717, 1.165) is 54.7 Å². The highest BCUT2D eigenvalue weighted by Crippen LogP contribution is 2.35. The van der Waals surface area contributed by atoms with Crippen LogP contribution >= 0.6 is 11.3 Å². The van der Waals surface area contributed by atoms with E-state index in [2.05, 4.69) is 50.5 Å². The highest BCUT2D eigenvalue weighted by Gasteiger charge is 2.25. The molecule has 1 amide bonds. The zero-order valence-electron chi connectivity index (χ0n) is 18.9. The molecule has 3 aromatic rings. The lowest BCUT2D eigenvalue weighted by molar-refractivity contribution is 0.0915. The van der Waals surface area contributed by atoms with Crippen LogP contribution in [0, 0.1) is 6.92 Å². The monoisotopic (exact) mass is 454 g/mol. The van der Waals surface area contributed by atoms with Gasteiger partial charge in [0.05, 0.1) is 17.4 Å². The molecule has 7 nitrogen and oxygen atoms in total. The lowest BCUT2D eigenvalue weighted by atomic mass is 10.0. The molecule has 1 aliphatic rings. The smallest absolute Gasteiger partial charge is 0.261 e. The van der Waals surface area contributed by atoms with E-state index in [-0.39, 0.29) is 11.9 Å². The number of piperidine rings is 1. The summed E-state index contributed by atoms with van der Waals surface area (Å²) in [6.45, 7) is 5.30. The third-order valence-corrected chi connectivity index (χ3v) is 7.14. The Bertz CT molecular complexity index is 1060. The van der Waals surface area contributed by atoms with Gasteiger partial charge in [-0.15, -0.1) is 11.3 Å². The number of ether oxygens (including phenoxy) is 2. The largest absolute Gasteiger partial charge is 0.480 e. The highest BCUT2D eigenvalue weighted by molar-refractivity contribution is 7.20. The fraction of sp³-hybridized carbons (Fsp3) is 0.458. The molecular formula is C24H30N4O3S. The number of carbonyl (C=O) groups is 1. The molecule has 1 N–H and O–H groups in total. The second-order valence-electron chi connectivity index (χ2n) is 8.14. The van der Waals surface area contributed by atoms with Gasteiger partial charge in [-0.2, -0.15) is 4.98 Å². The van der Waals surface area contributed by atoms with Crippen molar-refractivity contribution in [2.75, 3.05) is 33.9 Å². The number of likely N-dealkylation sites (tertiary alicyclic amines) is 1. The zero-order chi connectivity index (χ0) is 22.5. The van der Waals surface area contributed by atoms with E-state index in [1.54, 1.807) is 14.2 Å². The first-order valence-electron chi connectivity index (χ1n) is 11.0. The Morgan fingerprint density at radius 3 is 2.62 bits per heavy atom. The standard InChI is InChI=1S/C24H30N4O3S/c1-16-20-23(31-3)26-19(15-30-2)27-24(20)32-21(16)22(29)25-18-10-13-28(14-11-18)12-9-17-7-5-4-6-8-17/h4-8,18H,9-15H2,1-3H3,(H,25,29). The molecule has 0 aliphatic carbocycles. The predicted molar refractivity (Wildman–Crippen MR) is 126 cm³/mol. The summed E-state index contributed by atoms with van der Waals surface area (Å²) < 4.78 is 10.6. The van der Waals surface area contributed by atoms with Crippen molar-refractivity contribution in [1.82, 2.24) is 20.2 Å². The fourth-order valence-electron chi connectivity index (χ4n) is 4.19. The van der Waals surface area contributed by atoms with E-state index < -0.39 is 0 Å². The van der Waals surface area contributed by atoms with Crippen molar-refractivity contribution < 1.29 is 14.3 Å². The molecule has 1 aliphatic heterocycles. The average Bonchev–Trinajstić information content (AvgIpc) is 3.15. The number of aromatic nitrogens is 2. The third-order valence-electron chi connectivity index (χ3n) is 5.96. The van der Waals surface area contributed by atoms with Crippen molar-refractivity contribution in [3.05, 3.63) is 52.2 Å². The van der Waals surface area contributed by atoms with Crippen molar-refractivity contribution in [3.63, 3.8) is 0 Å². The van der Waals surface area contributed by atoms with Crippen molar-refractivity contribution in [2.24, 2.45) is 0 Å². The van der Waals surface area contributed by atoms with Crippen LogP contribution in [-0.4, -0.2) is 60.7 Å². The number of carbonyl (C=O) groups excluding carboxylic acids is 1. The molecular weight excluding hydrogens is 424 g/mol. The molecule has 2 aromatic heterocycles. The fourth-order valence-corrected chi connectivity index (χ4v) is 5.28. The first kappa shape index (κ1) is 22.6. The Kier molecular flexibility index (Phi) is 7.34. The van der Waals surface area contributed by atoms with Crippen molar-refractivity contribution >= 4 is 27.5 Å². The van der Waals surface area contributed by atoms with Crippen LogP contribution in [0.15, 0.2) is 30.3 Å². The Labute approximate surface area is 192 Å². The molecule has 1 aromatic carbocycles. The highest BCUT2D eigenvalue weighted by atomic mass is 32.1. The number of fused-ring (bicyclic) bond motifs is 1. The topological polar surface area (TPSA) is 76.6 Å². The number of hydrogen-bond acceptors (Lipinski definition) is 7. The lowest BCUT2D eigenvalue weighted by Gasteiger charge is -2.32. The van der Waals surface area contributed by atoms with Gasteiger partial charge in [0, 0.05) is 32.8 Å². The van der Waals surface area contributed by atoms with Gasteiger partial charge in [0.25, 0.3) is 5.91 Å². The first-order valence-corrected chi connectivity index (χ1v) is 11.8. The van der Waals surface area contributed by atoms with Crippen molar-refractivity contribution in [3.8, 4) is 5.88 Å². The quantitative estimate of drug-likeness (QED) is 0.561. The van der Waals surface area contributed by atoms with Gasteiger partial charge in [-0.05, 0) is 37.3 Å². The van der Waals surface area contributed by atoms with Gasteiger partial charge < -0.3 is 19.7 Å². The number of amides is 1. The van der Waals surface area contributed by atoms with E-state index in [9.17, 15) is 4.79 Å². The molecule has 0 spiro atoms. The molecule has 3 heterocycles. The van der Waals surface area contributed by atoms with Crippen LogP contribution in [0.1, 0.15) is 39.5 Å². The third kappa shape index (κ3) is 5.09. The zero-order valence-corrected chi connectivity index (χ0v) is 19.7. The maximum Gasteiger partial charge on any atom is 0.261 e. The van der Waals surface area contributed by atoms with Crippen LogP contribution in [0.25, 0.3) is 10.2 Å². The number of aryl methyl sites for hydroxylation is 1. The molecule has 170 valence electrons. The minimum atomic E-state index is -0.0384. The van der Waals surface area contributed by atoms with Crippen molar-refractivity contribution in [2.45, 2.75) is 38.8 Å². The minimum absolute atomic E-state index is 0.0384. The molecule has 0 bridgehead atoms. The van der Waals surface area contributed by atoms with E-state index in [1.165, 1.54) is 16.9 Å². The van der Waals surface area contributed by atoms with Crippen LogP contribution in [-0.2, 0) is 17.8 Å². The maximum absolute atomic E-state index is 13.1. The normalized spacial score (nSPS) is 15.2. The Hall–Kier alpha value is -2.55. The van der Waals surface area contributed by atoms with Gasteiger partial charge in [0.1, 0.15) is 11.4 Å². The number of benzene rings is 1. The first-order chi connectivity index (χ1) is 15.6. The SMILES string of the molecule is COCc1nc(OC)c2c(C)c(C(=O)NC3CCN(CCc4ccccc4)CC3)sc2n1. The van der Waals surface area contributed by atoms with Gasteiger partial charge in [-0.3, -0.25) is 4.79 Å². The Morgan fingerprint density at radius 1 is 1.19 bits per heavy atom. The number of nitrogens with one attached hydrogen (secondary N) is 1. The van der Waals surface area contributed by atoms with E-state index in [0.29, 0.717) is 23.2 Å². The second kappa shape index (κ2) is 10.4. The number of nitrogens with zero attached hydrogens (tertiary/aromatic N) is 3. The minimum Gasteiger partial charge on any atom is -0.480 e. The Morgan fingerprint density at radius 2 is 1.94 bits per heavy atom.